The van der Waals surface area contributed by atoms with Crippen LogP contribution in [0.2, 0.25) is 28.2 Å². The minimum Gasteiger partial charge on any atom is -0.411 e. The van der Waals surface area contributed by atoms with Gasteiger partial charge in [0.25, 0.3) is 16.6 Å². The normalized spacial score (nSPS) is 27.8. The van der Waals surface area contributed by atoms with Crippen LogP contribution in [0.1, 0.15) is 121 Å². The second-order valence-electron chi connectivity index (χ2n) is 25.9. The fourth-order valence-corrected chi connectivity index (χ4v) is 26.3. The van der Waals surface area contributed by atoms with E-state index >= 15 is 0 Å². The molecule has 0 bridgehead atoms. The first kappa shape index (κ1) is 63.2. The number of rotatable bonds is 25. The first-order chi connectivity index (χ1) is 38.8. The highest BCUT2D eigenvalue weighted by Crippen LogP contribution is 2.47. The average molecular weight is 1150 g/mol. The largest absolute Gasteiger partial charge is 0.411 e. The van der Waals surface area contributed by atoms with Crippen LogP contribution in [0.3, 0.4) is 0 Å². The van der Waals surface area contributed by atoms with Gasteiger partial charge in [0.05, 0.1) is 74.3 Å². The molecule has 4 aromatic carbocycles. The lowest BCUT2D eigenvalue weighted by molar-refractivity contribution is -0.264. The molecule has 4 heterocycles. The van der Waals surface area contributed by atoms with Gasteiger partial charge in [-0.2, -0.15) is 0 Å². The summed E-state index contributed by atoms with van der Waals surface area (Å²) in [5, 5.41) is 4.62. The maximum Gasteiger partial charge on any atom is 0.261 e. The molecule has 81 heavy (non-hydrogen) atoms. The Balaban J connectivity index is 1.12. The van der Waals surface area contributed by atoms with Crippen LogP contribution in [0.5, 0.6) is 0 Å². The first-order valence-corrected chi connectivity index (χ1v) is 37.2. The van der Waals surface area contributed by atoms with Gasteiger partial charge in [-0.3, -0.25) is 0 Å². The van der Waals surface area contributed by atoms with E-state index in [4.69, 9.17) is 43.5 Å². The Labute approximate surface area is 492 Å². The van der Waals surface area contributed by atoms with E-state index in [0.717, 1.165) is 55.0 Å². The van der Waals surface area contributed by atoms with E-state index in [-0.39, 0.29) is 77.0 Å². The summed E-state index contributed by atoms with van der Waals surface area (Å²) in [5.74, 6) is 0.329. The van der Waals surface area contributed by atoms with Crippen molar-refractivity contribution in [2.75, 3.05) is 19.8 Å². The number of fused-ring (bicyclic) bond motifs is 1. The van der Waals surface area contributed by atoms with E-state index in [1.54, 1.807) is 6.08 Å². The van der Waals surface area contributed by atoms with Gasteiger partial charge in [-0.05, 0) is 91.7 Å². The molecule has 0 aliphatic carbocycles. The summed E-state index contributed by atoms with van der Waals surface area (Å²) >= 11 is 0. The van der Waals surface area contributed by atoms with Crippen molar-refractivity contribution in [1.82, 2.24) is 0 Å². The minimum atomic E-state index is -3.08. The molecule has 4 saturated heterocycles. The summed E-state index contributed by atoms with van der Waals surface area (Å²) in [6.07, 6.45) is 9.86. The van der Waals surface area contributed by atoms with E-state index in [1.165, 1.54) is 20.7 Å². The molecule has 0 unspecified atom stereocenters. The van der Waals surface area contributed by atoms with Crippen LogP contribution in [0.4, 0.5) is 0 Å². The van der Waals surface area contributed by atoms with Crippen molar-refractivity contribution in [3.8, 4) is 0 Å². The molecule has 8 rings (SSSR count). The third-order valence-electron chi connectivity index (χ3n) is 18.8. The van der Waals surface area contributed by atoms with Gasteiger partial charge in [0, 0.05) is 31.8 Å². The topological polar surface area (TPSA) is 73.8 Å². The zero-order valence-electron chi connectivity index (χ0n) is 51.3. The molecule has 4 aliphatic rings. The Kier molecular flexibility index (Phi) is 21.8. The van der Waals surface area contributed by atoms with Crippen LogP contribution in [-0.4, -0.2) is 106 Å². The van der Waals surface area contributed by atoms with E-state index in [0.29, 0.717) is 45.0 Å². The monoisotopic (exact) mass is 1150 g/mol. The molecule has 4 fully saturated rings. The molecule has 4 aromatic rings. The van der Waals surface area contributed by atoms with Crippen molar-refractivity contribution in [2.24, 2.45) is 11.8 Å². The van der Waals surface area contributed by atoms with Crippen molar-refractivity contribution >= 4 is 45.7 Å². The molecule has 0 N–H and O–H groups in total. The van der Waals surface area contributed by atoms with Gasteiger partial charge < -0.3 is 37.0 Å². The zero-order chi connectivity index (χ0) is 58.0. The average Bonchev–Trinajstić information content (AvgIpc) is 3.63. The van der Waals surface area contributed by atoms with Gasteiger partial charge in [-0.25, -0.2) is 0 Å². The van der Waals surface area contributed by atoms with Crippen LogP contribution in [0.25, 0.3) is 0 Å². The predicted octanol–water partition coefficient (Wildman–Crippen LogP) is 13.8. The second-order valence-corrected chi connectivity index (χ2v) is 39.2. The fourth-order valence-electron chi connectivity index (χ4n) is 14.1. The van der Waals surface area contributed by atoms with Gasteiger partial charge in [0.1, 0.15) is 0 Å². The molecule has 0 saturated carbocycles. The number of benzene rings is 4. The lowest BCUT2D eigenvalue weighted by atomic mass is 9.79. The van der Waals surface area contributed by atoms with Gasteiger partial charge in [0.15, 0.2) is 8.32 Å². The minimum absolute atomic E-state index is 0.000216. The lowest BCUT2D eigenvalue weighted by Crippen LogP contribution is -2.70. The summed E-state index contributed by atoms with van der Waals surface area (Å²) in [4.78, 5) is 0. The second kappa shape index (κ2) is 27.9. The highest BCUT2D eigenvalue weighted by molar-refractivity contribution is 7.00. The van der Waals surface area contributed by atoms with Crippen molar-refractivity contribution in [3.05, 3.63) is 170 Å². The SMILES string of the molecule is C=CCOCC=C[C@H]1CC(=C)[C@H](CC[C@H]2C[C@@H](C)C(=C)[C@@H](C[C@@H]3O[C@H]4C[C@@H](O[Si](c5ccccc5)(c5ccccc5)C(C)(C)C)[C@@H](CCO[Si](c5ccccc5)(c5ccccc5)C(C)(C)C)O[C@H]4[C@H](C)[C@H]3O[Si](CC)(CC)CC)O2)O1. The van der Waals surface area contributed by atoms with Gasteiger partial charge >= 0.3 is 0 Å². The Bertz CT molecular complexity index is 2540. The van der Waals surface area contributed by atoms with E-state index in [9.17, 15) is 0 Å². The summed E-state index contributed by atoms with van der Waals surface area (Å²) in [5.41, 5.74) is 2.30. The molecular formula is C70H100O8Si3. The Morgan fingerprint density at radius 1 is 0.605 bits per heavy atom. The molecule has 0 aromatic heterocycles. The maximum atomic E-state index is 8.24. The number of ether oxygens (including phenoxy) is 5. The van der Waals surface area contributed by atoms with Crippen LogP contribution in [0.15, 0.2) is 170 Å². The Morgan fingerprint density at radius 3 is 1.67 bits per heavy atom. The van der Waals surface area contributed by atoms with Crippen LogP contribution in [-0.2, 0) is 37.0 Å². The van der Waals surface area contributed by atoms with Gasteiger partial charge in [0.2, 0.25) is 0 Å². The van der Waals surface area contributed by atoms with Crippen LogP contribution >= 0.6 is 0 Å². The molecule has 0 spiro atoms. The lowest BCUT2D eigenvalue weighted by Gasteiger charge is -2.55. The quantitative estimate of drug-likeness (QED) is 0.0369. The molecule has 4 aliphatic heterocycles. The number of hydrogen-bond donors (Lipinski definition) is 0. The van der Waals surface area contributed by atoms with Crippen LogP contribution in [0, 0.1) is 11.8 Å². The third-order valence-corrected chi connectivity index (χ3v) is 33.5. The van der Waals surface area contributed by atoms with E-state index in [2.05, 4.69) is 217 Å². The van der Waals surface area contributed by atoms with Crippen molar-refractivity contribution < 1.29 is 37.0 Å². The predicted molar refractivity (Wildman–Crippen MR) is 342 cm³/mol. The van der Waals surface area contributed by atoms with Gasteiger partial charge in [-0.15, -0.1) is 6.58 Å². The van der Waals surface area contributed by atoms with Crippen LogP contribution < -0.4 is 20.7 Å². The highest BCUT2D eigenvalue weighted by atomic mass is 28.4. The van der Waals surface area contributed by atoms with E-state index < -0.39 is 25.0 Å². The summed E-state index contributed by atoms with van der Waals surface area (Å²) in [6.45, 7) is 40.4. The van der Waals surface area contributed by atoms with Crippen molar-refractivity contribution in [3.63, 3.8) is 0 Å². The standard InChI is InChI=1S/C70H100O8Si3/c1-15-44-71-45-31-32-55-48-52(6)61(73-55)42-41-56-47-51(5)53(7)63(74-56)49-66-68(78-79(16-2,17-3)18-4)54(8)67-65(75-66)50-64(77-81(70(12,13)14,59-37-27-21-28-38-59)60-39-29-22-30-40-60)62(76-67)43-46-72-80(69(9,10)11,57-33-23-19-24-34-57)58-35-25-20-26-36-58/h15,19-40,51,54-56,61-68H,1,6-7,16-18,41-50H2,2-5,8-14H3/t51-,54+,55+,56+,61+,62-,63-,64-,65+,66+,67+,68-/m1/s1. The molecule has 12 atom stereocenters. The van der Waals surface area contributed by atoms with Crippen molar-refractivity contribution in [1.29, 1.82) is 0 Å². The number of hydrogen-bond acceptors (Lipinski definition) is 8. The molecule has 8 nitrogen and oxygen atoms in total. The van der Waals surface area contributed by atoms with Gasteiger partial charge in [-0.1, -0.05) is 229 Å². The summed E-state index contributed by atoms with van der Waals surface area (Å²) in [6, 6.07) is 47.2. The fraction of sp³-hybridized carbons (Fsp3) is 0.543. The smallest absolute Gasteiger partial charge is 0.261 e. The first-order valence-electron chi connectivity index (χ1n) is 30.9. The third kappa shape index (κ3) is 14.1. The summed E-state index contributed by atoms with van der Waals surface area (Å²) in [7, 11) is -8.12. The Morgan fingerprint density at radius 2 is 1.15 bits per heavy atom. The molecule has 11 heteroatoms. The van der Waals surface area contributed by atoms with E-state index in [1.807, 2.05) is 6.08 Å². The molecule has 0 radical (unpaired) electrons. The molecule has 0 amide bonds. The molecule has 440 valence electrons. The highest BCUT2D eigenvalue weighted by Gasteiger charge is 2.58. The maximum absolute atomic E-state index is 8.24. The molecular weight excluding hydrogens is 1050 g/mol. The zero-order valence-corrected chi connectivity index (χ0v) is 54.3. The van der Waals surface area contributed by atoms with Crippen molar-refractivity contribution in [2.45, 2.75) is 210 Å². The summed E-state index contributed by atoms with van der Waals surface area (Å²) < 4.78 is 58.5. The Hall–Kier alpha value is -3.83.